The Hall–Kier alpha value is -2.49. The van der Waals surface area contributed by atoms with Crippen molar-refractivity contribution in [3.8, 4) is 5.75 Å². The third-order valence-electron chi connectivity index (χ3n) is 5.58. The summed E-state index contributed by atoms with van der Waals surface area (Å²) in [6.07, 6.45) is 2.48. The van der Waals surface area contributed by atoms with Crippen LogP contribution in [0.4, 0.5) is 11.5 Å². The van der Waals surface area contributed by atoms with Gasteiger partial charge < -0.3 is 10.1 Å². The molecule has 1 unspecified atom stereocenters. The zero-order valence-electron chi connectivity index (χ0n) is 18.8. The second-order valence-electron chi connectivity index (χ2n) is 8.11. The van der Waals surface area contributed by atoms with Crippen LogP contribution in [-0.4, -0.2) is 44.4 Å². The third kappa shape index (κ3) is 5.60. The van der Waals surface area contributed by atoms with Crippen LogP contribution in [0.15, 0.2) is 58.1 Å². The summed E-state index contributed by atoms with van der Waals surface area (Å²) in [7, 11) is 0.535. The van der Waals surface area contributed by atoms with Crippen molar-refractivity contribution in [2.24, 2.45) is 4.36 Å². The SMILES string of the molecule is CNS(=O)(=NCCC(C)(C)[SiH2]C)c1ccc(Nc2ncnc3cc(OC)ccc23)cc1. The van der Waals surface area contributed by atoms with E-state index in [-0.39, 0.29) is 9.52 Å². The van der Waals surface area contributed by atoms with E-state index in [1.165, 1.54) is 6.33 Å². The van der Waals surface area contributed by atoms with Crippen LogP contribution in [0.2, 0.25) is 11.6 Å². The average Bonchev–Trinajstić information content (AvgIpc) is 2.79. The van der Waals surface area contributed by atoms with Gasteiger partial charge in [-0.15, -0.1) is 0 Å². The lowest BCUT2D eigenvalue weighted by molar-refractivity contribution is 0.415. The lowest BCUT2D eigenvalue weighted by Crippen LogP contribution is -2.20. The number of hydrogen-bond acceptors (Lipinski definition) is 6. The van der Waals surface area contributed by atoms with Crippen molar-refractivity contribution in [2.75, 3.05) is 26.0 Å². The molecule has 3 rings (SSSR count). The van der Waals surface area contributed by atoms with Crippen molar-refractivity contribution in [1.82, 2.24) is 14.7 Å². The van der Waals surface area contributed by atoms with Gasteiger partial charge in [0.2, 0.25) is 0 Å². The lowest BCUT2D eigenvalue weighted by atomic mass is 10.1. The number of aromatic nitrogens is 2. The quantitative estimate of drug-likeness (QED) is 0.471. The first-order chi connectivity index (χ1) is 14.8. The third-order valence-corrected chi connectivity index (χ3v) is 9.85. The van der Waals surface area contributed by atoms with Crippen LogP contribution in [0.1, 0.15) is 20.3 Å². The van der Waals surface area contributed by atoms with Crippen molar-refractivity contribution in [1.29, 1.82) is 0 Å². The van der Waals surface area contributed by atoms with E-state index in [9.17, 15) is 4.21 Å². The number of nitrogens with zero attached hydrogens (tertiary/aromatic N) is 3. The highest BCUT2D eigenvalue weighted by Crippen LogP contribution is 2.28. The molecule has 1 atom stereocenters. The number of hydrogen-bond donors (Lipinski definition) is 2. The van der Waals surface area contributed by atoms with Crippen LogP contribution in [0.5, 0.6) is 5.75 Å². The highest BCUT2D eigenvalue weighted by molar-refractivity contribution is 7.91. The minimum atomic E-state index is -2.65. The topological polar surface area (TPSA) is 88.5 Å². The highest BCUT2D eigenvalue weighted by atomic mass is 32.2. The molecule has 0 aliphatic heterocycles. The van der Waals surface area contributed by atoms with E-state index >= 15 is 0 Å². The molecule has 0 spiro atoms. The van der Waals surface area contributed by atoms with Crippen LogP contribution in [0.3, 0.4) is 0 Å². The average molecular weight is 458 g/mol. The molecular weight excluding hydrogens is 426 g/mol. The number of fused-ring (bicyclic) bond motifs is 1. The molecule has 0 fully saturated rings. The summed E-state index contributed by atoms with van der Waals surface area (Å²) in [6, 6.07) is 13.2. The van der Waals surface area contributed by atoms with Gasteiger partial charge in [0.05, 0.1) is 24.1 Å². The number of nitrogens with one attached hydrogen (secondary N) is 2. The van der Waals surface area contributed by atoms with Crippen molar-refractivity contribution >= 4 is 41.8 Å². The number of rotatable bonds is 9. The van der Waals surface area contributed by atoms with Crippen LogP contribution in [0.25, 0.3) is 10.9 Å². The van der Waals surface area contributed by atoms with E-state index in [4.69, 9.17) is 4.74 Å². The molecule has 9 heteroatoms. The smallest absolute Gasteiger partial charge is 0.141 e. The minimum Gasteiger partial charge on any atom is -0.497 e. The Balaban J connectivity index is 1.81. The zero-order valence-corrected chi connectivity index (χ0v) is 21.0. The molecule has 2 aromatic carbocycles. The molecule has 166 valence electrons. The molecule has 1 heterocycles. The van der Waals surface area contributed by atoms with Gasteiger partial charge in [-0.25, -0.2) is 23.3 Å². The highest BCUT2D eigenvalue weighted by Gasteiger charge is 2.16. The van der Waals surface area contributed by atoms with Gasteiger partial charge in [0, 0.05) is 26.7 Å². The number of anilines is 2. The van der Waals surface area contributed by atoms with Crippen molar-refractivity contribution < 1.29 is 8.95 Å². The molecule has 3 aromatic rings. The standard InChI is InChI=1S/C22H31N5O2SSi/c1-22(2,31-5)12-13-26-30(28,23-3)18-9-6-16(7-10-18)27-21-19-11-8-17(29-4)14-20(19)24-15-25-21/h6-11,14-15H,12-13,31H2,1-5H3,(H,23,26,28)(H,24,25,27). The van der Waals surface area contributed by atoms with E-state index in [1.54, 1.807) is 14.2 Å². The summed E-state index contributed by atoms with van der Waals surface area (Å²) in [4.78, 5) is 9.35. The zero-order chi connectivity index (χ0) is 22.5. The van der Waals surface area contributed by atoms with Crippen molar-refractivity contribution in [3.05, 3.63) is 48.8 Å². The summed E-state index contributed by atoms with van der Waals surface area (Å²) in [6.45, 7) is 7.43. The Morgan fingerprint density at radius 1 is 1.16 bits per heavy atom. The minimum absolute atomic E-state index is 0.143. The Morgan fingerprint density at radius 3 is 2.55 bits per heavy atom. The molecule has 0 saturated heterocycles. The first-order valence-corrected chi connectivity index (χ1v) is 14.0. The maximum Gasteiger partial charge on any atom is 0.141 e. The molecule has 0 amide bonds. The van der Waals surface area contributed by atoms with Gasteiger partial charge in [-0.1, -0.05) is 20.4 Å². The van der Waals surface area contributed by atoms with E-state index in [0.29, 0.717) is 22.3 Å². The second kappa shape index (κ2) is 9.76. The number of ether oxygens (including phenoxy) is 1. The Kier molecular flexibility index (Phi) is 7.29. The Labute approximate surface area is 187 Å². The first-order valence-electron chi connectivity index (χ1n) is 10.4. The molecule has 31 heavy (non-hydrogen) atoms. The number of benzene rings is 2. The van der Waals surface area contributed by atoms with E-state index in [1.807, 2.05) is 42.5 Å². The molecular formula is C22H31N5O2SSi. The van der Waals surface area contributed by atoms with Crippen LogP contribution in [-0.2, 0) is 9.92 Å². The van der Waals surface area contributed by atoms with Gasteiger partial charge in [0.25, 0.3) is 0 Å². The summed E-state index contributed by atoms with van der Waals surface area (Å²) in [5.41, 5.74) is 1.64. The first kappa shape index (κ1) is 23.2. The molecule has 0 aliphatic rings. The van der Waals surface area contributed by atoms with Crippen molar-refractivity contribution in [2.45, 2.75) is 36.7 Å². The molecule has 0 aliphatic carbocycles. The van der Waals surface area contributed by atoms with Gasteiger partial charge in [-0.3, -0.25) is 0 Å². The Morgan fingerprint density at radius 2 is 1.90 bits per heavy atom. The molecule has 7 nitrogen and oxygen atoms in total. The second-order valence-corrected chi connectivity index (χ2v) is 12.9. The lowest BCUT2D eigenvalue weighted by Gasteiger charge is -2.21. The van der Waals surface area contributed by atoms with Gasteiger partial charge in [0.15, 0.2) is 0 Å². The summed E-state index contributed by atoms with van der Waals surface area (Å²) >= 11 is 0. The largest absolute Gasteiger partial charge is 0.497 e. The fourth-order valence-corrected chi connectivity index (χ4v) is 4.91. The van der Waals surface area contributed by atoms with Crippen molar-refractivity contribution in [3.63, 3.8) is 0 Å². The fourth-order valence-electron chi connectivity index (χ4n) is 3.03. The number of methoxy groups -OCH3 is 1. The van der Waals surface area contributed by atoms with Gasteiger partial charge in [0.1, 0.15) is 27.8 Å². The predicted molar refractivity (Wildman–Crippen MR) is 132 cm³/mol. The summed E-state index contributed by atoms with van der Waals surface area (Å²) in [5, 5.41) is 4.54. The van der Waals surface area contributed by atoms with Gasteiger partial charge in [-0.2, -0.15) is 0 Å². The van der Waals surface area contributed by atoms with Crippen LogP contribution < -0.4 is 14.8 Å². The summed E-state index contributed by atoms with van der Waals surface area (Å²) in [5.74, 6) is 1.45. The van der Waals surface area contributed by atoms with E-state index in [0.717, 1.165) is 28.8 Å². The predicted octanol–water partition coefficient (Wildman–Crippen LogP) is 4.15. The van der Waals surface area contributed by atoms with E-state index < -0.39 is 9.92 Å². The normalized spacial score (nSPS) is 14.0. The Bertz CT molecular complexity index is 1160. The molecule has 2 N–H and O–H groups in total. The maximum atomic E-state index is 13.3. The fraction of sp³-hybridized carbons (Fsp3) is 0.364. The molecule has 0 saturated carbocycles. The van der Waals surface area contributed by atoms with Crippen LogP contribution >= 0.6 is 0 Å². The molecule has 1 aromatic heterocycles. The van der Waals surface area contributed by atoms with Gasteiger partial charge >= 0.3 is 0 Å². The molecule has 0 radical (unpaired) electrons. The van der Waals surface area contributed by atoms with Crippen LogP contribution in [0, 0.1) is 0 Å². The maximum absolute atomic E-state index is 13.3. The van der Waals surface area contributed by atoms with E-state index in [2.05, 4.69) is 44.8 Å². The molecule has 0 bridgehead atoms. The summed E-state index contributed by atoms with van der Waals surface area (Å²) < 4.78 is 26.0. The monoisotopic (exact) mass is 457 g/mol. The van der Waals surface area contributed by atoms with Gasteiger partial charge in [-0.05, 0) is 54.9 Å².